The highest BCUT2D eigenvalue weighted by atomic mass is 35.5. The molecule has 15 heavy (non-hydrogen) atoms. The van der Waals surface area contributed by atoms with Crippen molar-refractivity contribution in [1.29, 1.82) is 0 Å². The third kappa shape index (κ3) is 5.03. The van der Waals surface area contributed by atoms with Gasteiger partial charge in [0.1, 0.15) is 0 Å². The summed E-state index contributed by atoms with van der Waals surface area (Å²) in [6.45, 7) is 2.24. The Morgan fingerprint density at radius 3 is 2.40 bits per heavy atom. The molecule has 0 aliphatic rings. The van der Waals surface area contributed by atoms with Gasteiger partial charge in [0.25, 0.3) is 0 Å². The monoisotopic (exact) mass is 222 g/mol. The van der Waals surface area contributed by atoms with Gasteiger partial charge in [-0.3, -0.25) is 0 Å². The van der Waals surface area contributed by atoms with Crippen LogP contribution in [-0.4, -0.2) is 0 Å². The third-order valence-electron chi connectivity index (χ3n) is 2.55. The van der Waals surface area contributed by atoms with Crippen LogP contribution >= 0.6 is 11.6 Å². The molecule has 0 fully saturated rings. The summed E-state index contributed by atoms with van der Waals surface area (Å²) in [6, 6.07) is 8.62. The van der Waals surface area contributed by atoms with Gasteiger partial charge in [0.2, 0.25) is 0 Å². The largest absolute Gasteiger partial charge is 0.0929 e. The summed E-state index contributed by atoms with van der Waals surface area (Å²) in [5.74, 6) is 0. The highest BCUT2D eigenvalue weighted by molar-refractivity contribution is 6.27. The zero-order valence-corrected chi connectivity index (χ0v) is 10.1. The van der Waals surface area contributed by atoms with Crippen molar-refractivity contribution in [1.82, 2.24) is 0 Å². The van der Waals surface area contributed by atoms with Crippen molar-refractivity contribution in [2.45, 2.75) is 39.0 Å². The Hall–Kier alpha value is -0.750. The van der Waals surface area contributed by atoms with Crippen LogP contribution in [0.2, 0.25) is 0 Å². The SMILES string of the molecule is CCCCCCc1ccc(C=CCl)cc1. The minimum atomic E-state index is 1.17. The number of hydrogen-bond donors (Lipinski definition) is 0. The van der Waals surface area contributed by atoms with Crippen LogP contribution in [0.3, 0.4) is 0 Å². The Balaban J connectivity index is 2.36. The first-order chi connectivity index (χ1) is 7.36. The van der Waals surface area contributed by atoms with Crippen molar-refractivity contribution < 1.29 is 0 Å². The quantitative estimate of drug-likeness (QED) is 0.593. The van der Waals surface area contributed by atoms with E-state index in [0.717, 1.165) is 0 Å². The maximum atomic E-state index is 5.51. The molecule has 0 amide bonds. The zero-order valence-electron chi connectivity index (χ0n) is 9.38. The summed E-state index contributed by atoms with van der Waals surface area (Å²) in [6.07, 6.45) is 8.41. The topological polar surface area (TPSA) is 0 Å². The van der Waals surface area contributed by atoms with Crippen molar-refractivity contribution in [2.24, 2.45) is 0 Å². The number of aryl methyl sites for hydroxylation is 1. The van der Waals surface area contributed by atoms with E-state index < -0.39 is 0 Å². The van der Waals surface area contributed by atoms with Gasteiger partial charge >= 0.3 is 0 Å². The van der Waals surface area contributed by atoms with Crippen molar-refractivity contribution >= 4 is 17.7 Å². The molecular formula is C14H19Cl. The highest BCUT2D eigenvalue weighted by Gasteiger charge is 1.93. The van der Waals surface area contributed by atoms with Crippen LogP contribution in [0.4, 0.5) is 0 Å². The Kier molecular flexibility index (Phi) is 6.18. The molecule has 0 N–H and O–H groups in total. The molecule has 0 nitrogen and oxygen atoms in total. The summed E-state index contributed by atoms with van der Waals surface area (Å²) in [5, 5.41) is 0. The average Bonchev–Trinajstić information content (AvgIpc) is 2.27. The van der Waals surface area contributed by atoms with Crippen LogP contribution in [0.5, 0.6) is 0 Å². The molecule has 82 valence electrons. The molecule has 0 bridgehead atoms. The lowest BCUT2D eigenvalue weighted by Crippen LogP contribution is -1.85. The van der Waals surface area contributed by atoms with E-state index in [9.17, 15) is 0 Å². The first kappa shape index (κ1) is 12.3. The molecular weight excluding hydrogens is 204 g/mol. The fourth-order valence-corrected chi connectivity index (χ4v) is 1.77. The normalized spacial score (nSPS) is 11.1. The molecule has 0 aliphatic carbocycles. The second-order valence-corrected chi connectivity index (χ2v) is 4.10. The Bertz CT molecular complexity index is 285. The van der Waals surface area contributed by atoms with Crippen LogP contribution in [0, 0.1) is 0 Å². The molecule has 0 unspecified atom stereocenters. The van der Waals surface area contributed by atoms with Gasteiger partial charge in [0.15, 0.2) is 0 Å². The molecule has 0 saturated carbocycles. The zero-order chi connectivity index (χ0) is 10.9. The summed E-state index contributed by atoms with van der Waals surface area (Å²) in [5.41, 5.74) is 4.15. The van der Waals surface area contributed by atoms with E-state index in [0.29, 0.717) is 0 Å². The van der Waals surface area contributed by atoms with Gasteiger partial charge < -0.3 is 0 Å². The van der Waals surface area contributed by atoms with Crippen LogP contribution in [-0.2, 0) is 6.42 Å². The van der Waals surface area contributed by atoms with Gasteiger partial charge in [-0.1, -0.05) is 62.1 Å². The van der Waals surface area contributed by atoms with Gasteiger partial charge in [-0.15, -0.1) is 0 Å². The van der Waals surface area contributed by atoms with Crippen molar-refractivity contribution in [2.75, 3.05) is 0 Å². The second kappa shape index (κ2) is 7.53. The Morgan fingerprint density at radius 1 is 1.07 bits per heavy atom. The summed E-state index contributed by atoms with van der Waals surface area (Å²) >= 11 is 5.51. The maximum absolute atomic E-state index is 5.51. The number of benzene rings is 1. The molecule has 1 aromatic carbocycles. The van der Waals surface area contributed by atoms with E-state index in [4.69, 9.17) is 11.6 Å². The van der Waals surface area contributed by atoms with E-state index in [1.807, 2.05) is 6.08 Å². The lowest BCUT2D eigenvalue weighted by Gasteiger charge is -2.01. The molecule has 0 atom stereocenters. The molecule has 0 spiro atoms. The van der Waals surface area contributed by atoms with Gasteiger partial charge in [0.05, 0.1) is 0 Å². The van der Waals surface area contributed by atoms with Crippen molar-refractivity contribution in [3.8, 4) is 0 Å². The van der Waals surface area contributed by atoms with E-state index in [1.165, 1.54) is 43.2 Å². The van der Waals surface area contributed by atoms with Crippen molar-refractivity contribution in [3.05, 3.63) is 40.9 Å². The van der Waals surface area contributed by atoms with Crippen LogP contribution in [0.25, 0.3) is 6.08 Å². The molecule has 0 heterocycles. The minimum absolute atomic E-state index is 1.17. The van der Waals surface area contributed by atoms with E-state index >= 15 is 0 Å². The first-order valence-corrected chi connectivity index (χ1v) is 6.16. The maximum Gasteiger partial charge on any atom is 0.00484 e. The lowest BCUT2D eigenvalue weighted by atomic mass is 10.0. The molecule has 0 aromatic heterocycles. The van der Waals surface area contributed by atoms with Gasteiger partial charge in [-0.25, -0.2) is 0 Å². The van der Waals surface area contributed by atoms with E-state index in [-0.39, 0.29) is 0 Å². The molecule has 0 saturated heterocycles. The molecule has 0 aliphatic heterocycles. The van der Waals surface area contributed by atoms with Crippen LogP contribution < -0.4 is 0 Å². The molecule has 1 aromatic rings. The Labute approximate surface area is 98.0 Å². The standard InChI is InChI=1S/C14H19Cl/c1-2-3-4-5-6-13-7-9-14(10-8-13)11-12-15/h7-12H,2-6H2,1H3. The predicted molar refractivity (Wildman–Crippen MR) is 69.2 cm³/mol. The molecule has 1 rings (SSSR count). The highest BCUT2D eigenvalue weighted by Crippen LogP contribution is 2.10. The fourth-order valence-electron chi connectivity index (χ4n) is 1.62. The van der Waals surface area contributed by atoms with E-state index in [1.54, 1.807) is 5.54 Å². The summed E-state index contributed by atoms with van der Waals surface area (Å²) < 4.78 is 0. The number of rotatable bonds is 6. The van der Waals surface area contributed by atoms with Gasteiger partial charge in [-0.05, 0) is 30.0 Å². The minimum Gasteiger partial charge on any atom is -0.0929 e. The number of halogens is 1. The Morgan fingerprint density at radius 2 is 1.80 bits per heavy atom. The van der Waals surface area contributed by atoms with E-state index in [2.05, 4.69) is 31.2 Å². The third-order valence-corrected chi connectivity index (χ3v) is 2.68. The molecule has 1 heteroatoms. The number of hydrogen-bond acceptors (Lipinski definition) is 0. The number of unbranched alkanes of at least 4 members (excludes halogenated alkanes) is 3. The average molecular weight is 223 g/mol. The smallest absolute Gasteiger partial charge is 0.00484 e. The predicted octanol–water partition coefficient (Wildman–Crippen LogP) is 5.02. The first-order valence-electron chi connectivity index (χ1n) is 5.72. The van der Waals surface area contributed by atoms with Crippen molar-refractivity contribution in [3.63, 3.8) is 0 Å². The lowest BCUT2D eigenvalue weighted by molar-refractivity contribution is 0.667. The fraction of sp³-hybridized carbons (Fsp3) is 0.429. The van der Waals surface area contributed by atoms with Crippen LogP contribution in [0.15, 0.2) is 29.8 Å². The van der Waals surface area contributed by atoms with Crippen LogP contribution in [0.1, 0.15) is 43.7 Å². The summed E-state index contributed by atoms with van der Waals surface area (Å²) in [7, 11) is 0. The van der Waals surface area contributed by atoms with Gasteiger partial charge in [0, 0.05) is 5.54 Å². The molecule has 0 radical (unpaired) electrons. The second-order valence-electron chi connectivity index (χ2n) is 3.84. The summed E-state index contributed by atoms with van der Waals surface area (Å²) in [4.78, 5) is 0. The van der Waals surface area contributed by atoms with Gasteiger partial charge in [-0.2, -0.15) is 0 Å².